The van der Waals surface area contributed by atoms with Gasteiger partial charge in [-0.15, -0.1) is 9.78 Å². The van der Waals surface area contributed by atoms with E-state index in [0.717, 1.165) is 10.2 Å². The minimum absolute atomic E-state index is 0.0487. The van der Waals surface area contributed by atoms with Gasteiger partial charge in [-0.1, -0.05) is 24.3 Å². The fourth-order valence-electron chi connectivity index (χ4n) is 3.68. The maximum atomic E-state index is 15.6. The van der Waals surface area contributed by atoms with Crippen LogP contribution in [-0.4, -0.2) is 51.0 Å². The first kappa shape index (κ1) is 24.5. The highest BCUT2D eigenvalue weighted by atomic mass is 19.1. The monoisotopic (exact) mass is 495 g/mol. The molecule has 10 nitrogen and oxygen atoms in total. The molecule has 4 rings (SSSR count). The molecule has 2 aromatic heterocycles. The topological polar surface area (TPSA) is 145 Å². The van der Waals surface area contributed by atoms with Crippen LogP contribution in [0.4, 0.5) is 8.78 Å². The number of alkyl halides is 1. The maximum absolute atomic E-state index is 15.6. The second-order valence-electron chi connectivity index (χ2n) is 7.71. The SMILES string of the molecule is COc1cc(OCCF)cc(C(Cc2ccc(C(=N)N)cc2)c2nn(-c3ncccn3)c(=O)[nH]2)c1F. The lowest BCUT2D eigenvalue weighted by Gasteiger charge is -2.19. The number of halogens is 2. The van der Waals surface area contributed by atoms with Crippen LogP contribution in [0.15, 0.2) is 59.7 Å². The van der Waals surface area contributed by atoms with Gasteiger partial charge < -0.3 is 15.2 Å². The molecule has 4 N–H and O–H groups in total. The molecule has 0 aliphatic carbocycles. The summed E-state index contributed by atoms with van der Waals surface area (Å²) in [5.74, 6) is -1.29. The normalized spacial score (nSPS) is 11.8. The van der Waals surface area contributed by atoms with Crippen molar-refractivity contribution in [3.8, 4) is 17.4 Å². The number of hydrogen-bond donors (Lipinski definition) is 3. The highest BCUT2D eigenvalue weighted by Crippen LogP contribution is 2.36. The summed E-state index contributed by atoms with van der Waals surface area (Å²) < 4.78 is 39.9. The Hall–Kier alpha value is -4.61. The molecule has 1 unspecified atom stereocenters. The van der Waals surface area contributed by atoms with Gasteiger partial charge in [0, 0.05) is 29.6 Å². The van der Waals surface area contributed by atoms with Gasteiger partial charge in [-0.2, -0.15) is 0 Å². The number of ether oxygens (including phenoxy) is 2. The number of nitrogens with two attached hydrogens (primary N) is 1. The van der Waals surface area contributed by atoms with E-state index in [1.807, 2.05) is 0 Å². The average Bonchev–Trinajstić information content (AvgIpc) is 3.28. The molecule has 2 heterocycles. The van der Waals surface area contributed by atoms with Gasteiger partial charge in [-0.25, -0.2) is 23.5 Å². The third-order valence-corrected chi connectivity index (χ3v) is 5.39. The number of aromatic amines is 1. The van der Waals surface area contributed by atoms with Crippen LogP contribution < -0.4 is 20.9 Å². The summed E-state index contributed by atoms with van der Waals surface area (Å²) in [6.45, 7) is -0.946. The van der Waals surface area contributed by atoms with Crippen molar-refractivity contribution in [3.63, 3.8) is 0 Å². The molecule has 0 spiro atoms. The Bertz CT molecular complexity index is 1410. The van der Waals surface area contributed by atoms with Crippen molar-refractivity contribution in [3.05, 3.63) is 93.7 Å². The molecule has 0 aliphatic heterocycles. The molecule has 36 heavy (non-hydrogen) atoms. The quantitative estimate of drug-likeness (QED) is 0.226. The molecular formula is C24H23F2N7O3. The molecule has 0 aliphatic rings. The van der Waals surface area contributed by atoms with Crippen molar-refractivity contribution in [1.82, 2.24) is 24.7 Å². The number of nitrogens with zero attached hydrogens (tertiary/aromatic N) is 4. The number of H-pyrrole nitrogens is 1. The van der Waals surface area contributed by atoms with Gasteiger partial charge in [0.25, 0.3) is 5.95 Å². The van der Waals surface area contributed by atoms with E-state index >= 15 is 4.39 Å². The van der Waals surface area contributed by atoms with Crippen molar-refractivity contribution >= 4 is 5.84 Å². The molecule has 12 heteroatoms. The molecule has 186 valence electrons. The van der Waals surface area contributed by atoms with Crippen LogP contribution in [0.1, 0.15) is 28.4 Å². The van der Waals surface area contributed by atoms with E-state index in [1.54, 1.807) is 30.3 Å². The fraction of sp³-hybridized carbons (Fsp3) is 0.208. The van der Waals surface area contributed by atoms with E-state index in [2.05, 4.69) is 20.1 Å². The third-order valence-electron chi connectivity index (χ3n) is 5.39. The zero-order valence-corrected chi connectivity index (χ0v) is 19.2. The van der Waals surface area contributed by atoms with Crippen LogP contribution in [0.5, 0.6) is 11.5 Å². The zero-order valence-electron chi connectivity index (χ0n) is 19.2. The molecule has 2 aromatic carbocycles. The molecule has 0 radical (unpaired) electrons. The van der Waals surface area contributed by atoms with E-state index in [1.165, 1.54) is 31.6 Å². The number of aromatic nitrogens is 5. The number of rotatable bonds is 10. The first-order valence-corrected chi connectivity index (χ1v) is 10.9. The Morgan fingerprint density at radius 2 is 1.94 bits per heavy atom. The second kappa shape index (κ2) is 10.8. The van der Waals surface area contributed by atoms with Crippen LogP contribution in [0, 0.1) is 11.2 Å². The van der Waals surface area contributed by atoms with Crippen molar-refractivity contribution in [2.24, 2.45) is 5.73 Å². The van der Waals surface area contributed by atoms with E-state index in [4.69, 9.17) is 20.6 Å². The lowest BCUT2D eigenvalue weighted by Crippen LogP contribution is -2.18. The molecule has 4 aromatic rings. The molecule has 1 atom stereocenters. The largest absolute Gasteiger partial charge is 0.494 e. The van der Waals surface area contributed by atoms with Crippen molar-refractivity contribution in [2.45, 2.75) is 12.3 Å². The fourth-order valence-corrected chi connectivity index (χ4v) is 3.68. The number of nitrogens with one attached hydrogen (secondary N) is 2. The summed E-state index contributed by atoms with van der Waals surface area (Å²) in [6, 6.07) is 11.2. The summed E-state index contributed by atoms with van der Waals surface area (Å²) in [7, 11) is 1.31. The number of methoxy groups -OCH3 is 1. The van der Waals surface area contributed by atoms with Crippen molar-refractivity contribution in [2.75, 3.05) is 20.4 Å². The van der Waals surface area contributed by atoms with E-state index in [0.29, 0.717) is 5.56 Å². The molecule has 0 fully saturated rings. The first-order valence-electron chi connectivity index (χ1n) is 10.9. The van der Waals surface area contributed by atoms with Crippen LogP contribution in [-0.2, 0) is 6.42 Å². The first-order chi connectivity index (χ1) is 17.4. The van der Waals surface area contributed by atoms with Gasteiger partial charge in [0.15, 0.2) is 11.6 Å². The number of benzene rings is 2. The number of nitrogen functional groups attached to an aromatic ring is 1. The van der Waals surface area contributed by atoms with Gasteiger partial charge in [-0.05, 0) is 24.1 Å². The highest BCUT2D eigenvalue weighted by Gasteiger charge is 2.27. The highest BCUT2D eigenvalue weighted by molar-refractivity contribution is 5.94. The smallest absolute Gasteiger partial charge is 0.350 e. The molecule has 0 amide bonds. The van der Waals surface area contributed by atoms with Crippen LogP contribution in [0.2, 0.25) is 0 Å². The Balaban J connectivity index is 1.83. The summed E-state index contributed by atoms with van der Waals surface area (Å²) in [5, 5.41) is 11.9. The summed E-state index contributed by atoms with van der Waals surface area (Å²) >= 11 is 0. The van der Waals surface area contributed by atoms with Gasteiger partial charge in [0.05, 0.1) is 13.0 Å². The third kappa shape index (κ3) is 5.22. The number of hydrogen-bond acceptors (Lipinski definition) is 7. The van der Waals surface area contributed by atoms with Crippen LogP contribution >= 0.6 is 0 Å². The van der Waals surface area contributed by atoms with Crippen LogP contribution in [0.3, 0.4) is 0 Å². The predicted molar refractivity (Wildman–Crippen MR) is 127 cm³/mol. The Morgan fingerprint density at radius 1 is 1.22 bits per heavy atom. The Morgan fingerprint density at radius 3 is 2.58 bits per heavy atom. The second-order valence-corrected chi connectivity index (χ2v) is 7.71. The van der Waals surface area contributed by atoms with Crippen LogP contribution in [0.25, 0.3) is 5.95 Å². The van der Waals surface area contributed by atoms with Gasteiger partial charge >= 0.3 is 5.69 Å². The Labute approximate surface area is 204 Å². The Kier molecular flexibility index (Phi) is 7.33. The zero-order chi connectivity index (χ0) is 25.7. The lowest BCUT2D eigenvalue weighted by atomic mass is 9.90. The lowest BCUT2D eigenvalue weighted by molar-refractivity contribution is 0.270. The van der Waals surface area contributed by atoms with Gasteiger partial charge in [-0.3, -0.25) is 10.4 Å². The molecule has 0 bridgehead atoms. The average molecular weight is 495 g/mol. The molecular weight excluding hydrogens is 472 g/mol. The number of amidine groups is 1. The van der Waals surface area contributed by atoms with Crippen molar-refractivity contribution < 1.29 is 18.3 Å². The van der Waals surface area contributed by atoms with E-state index in [-0.39, 0.29) is 47.7 Å². The summed E-state index contributed by atoms with van der Waals surface area (Å²) in [4.78, 5) is 23.5. The van der Waals surface area contributed by atoms with Crippen molar-refractivity contribution in [1.29, 1.82) is 5.41 Å². The maximum Gasteiger partial charge on any atom is 0.350 e. The summed E-state index contributed by atoms with van der Waals surface area (Å²) in [5.41, 5.74) is 6.34. The minimum atomic E-state index is -0.811. The standard InChI is InChI=1S/C24H23F2N7O3/c1-35-19-13-16(36-10-7-25)12-17(20(19)26)18(11-14-3-5-15(6-4-14)21(27)28)22-31-24(34)33(32-22)23-29-8-2-9-30-23/h2-6,8-9,12-13,18H,7,10-11H2,1H3,(H3,27,28)(H,31,32,34). The van der Waals surface area contributed by atoms with E-state index < -0.39 is 24.1 Å². The van der Waals surface area contributed by atoms with Gasteiger partial charge in [0.1, 0.15) is 30.7 Å². The predicted octanol–water partition coefficient (Wildman–Crippen LogP) is 2.51. The molecule has 0 saturated heterocycles. The van der Waals surface area contributed by atoms with Gasteiger partial charge in [0.2, 0.25) is 0 Å². The summed E-state index contributed by atoms with van der Waals surface area (Å²) in [6.07, 6.45) is 3.13. The minimum Gasteiger partial charge on any atom is -0.494 e. The van der Waals surface area contributed by atoms with E-state index in [9.17, 15) is 9.18 Å². The molecule has 0 saturated carbocycles.